The van der Waals surface area contributed by atoms with Crippen molar-refractivity contribution in [2.75, 3.05) is 55.4 Å². The third-order valence-corrected chi connectivity index (χ3v) is 5.16. The molecule has 0 bridgehead atoms. The highest BCUT2D eigenvalue weighted by molar-refractivity contribution is 4.50. The standard InChI is InChI=1S/C23H52N2/c1-24(2,3)22-20-18-16-14-12-10-8-7-9-11-13-15-17-19-21-23-25(4,5)6/h7-23H2,1-6H3/q+2. The van der Waals surface area contributed by atoms with Crippen LogP contribution in [0.2, 0.25) is 0 Å². The van der Waals surface area contributed by atoms with E-state index in [2.05, 4.69) is 42.3 Å². The van der Waals surface area contributed by atoms with Crippen molar-refractivity contribution in [3.8, 4) is 0 Å². The molecule has 0 saturated heterocycles. The Kier molecular flexibility index (Phi) is 15.0. The Morgan fingerprint density at radius 2 is 0.440 bits per heavy atom. The predicted molar refractivity (Wildman–Crippen MR) is 115 cm³/mol. The number of unbranched alkanes of at least 4 members (excludes halogenated alkanes) is 14. The van der Waals surface area contributed by atoms with Crippen molar-refractivity contribution in [2.24, 2.45) is 0 Å². The molecule has 0 rings (SSSR count). The summed E-state index contributed by atoms with van der Waals surface area (Å²) in [4.78, 5) is 0. The van der Waals surface area contributed by atoms with Gasteiger partial charge in [0.25, 0.3) is 0 Å². The quantitative estimate of drug-likeness (QED) is 0.201. The van der Waals surface area contributed by atoms with Gasteiger partial charge in [0, 0.05) is 0 Å². The Morgan fingerprint density at radius 1 is 0.280 bits per heavy atom. The largest absolute Gasteiger partial charge is 0.331 e. The highest BCUT2D eigenvalue weighted by Crippen LogP contribution is 2.14. The summed E-state index contributed by atoms with van der Waals surface area (Å²) >= 11 is 0. The average Bonchev–Trinajstić information content (AvgIpc) is 2.48. The van der Waals surface area contributed by atoms with Gasteiger partial charge in [-0.3, -0.25) is 0 Å². The molecule has 0 heterocycles. The Hall–Kier alpha value is -0.0800. The van der Waals surface area contributed by atoms with E-state index in [1.165, 1.54) is 109 Å². The molecule has 25 heavy (non-hydrogen) atoms. The Labute approximate surface area is 161 Å². The molecule has 0 aliphatic carbocycles. The summed E-state index contributed by atoms with van der Waals surface area (Å²) in [5.74, 6) is 0. The summed E-state index contributed by atoms with van der Waals surface area (Å²) < 4.78 is 2.24. The van der Waals surface area contributed by atoms with Crippen molar-refractivity contribution in [1.29, 1.82) is 0 Å². The second kappa shape index (κ2) is 15.0. The molecule has 0 aromatic carbocycles. The molecule has 0 radical (unpaired) electrons. The molecule has 0 saturated carbocycles. The van der Waals surface area contributed by atoms with Crippen LogP contribution in [0.15, 0.2) is 0 Å². The first kappa shape index (κ1) is 24.9. The van der Waals surface area contributed by atoms with Crippen LogP contribution in [-0.4, -0.2) is 64.3 Å². The molecule has 0 aromatic rings. The summed E-state index contributed by atoms with van der Waals surface area (Å²) in [6.45, 7) is 2.66. The van der Waals surface area contributed by atoms with E-state index >= 15 is 0 Å². The lowest BCUT2D eigenvalue weighted by molar-refractivity contribution is -0.870. The molecule has 152 valence electrons. The van der Waals surface area contributed by atoms with Crippen LogP contribution in [0, 0.1) is 0 Å². The SMILES string of the molecule is C[N+](C)(C)CCCCCCCCCCCCCCCCC[N+](C)(C)C. The van der Waals surface area contributed by atoms with Crippen molar-refractivity contribution >= 4 is 0 Å². The first-order valence-electron chi connectivity index (χ1n) is 11.3. The van der Waals surface area contributed by atoms with Gasteiger partial charge in [0.1, 0.15) is 0 Å². The summed E-state index contributed by atoms with van der Waals surface area (Å²) in [5, 5.41) is 0. The third kappa shape index (κ3) is 23.9. The Balaban J connectivity index is 3.08. The summed E-state index contributed by atoms with van der Waals surface area (Å²) in [6.07, 6.45) is 21.8. The van der Waals surface area contributed by atoms with Crippen LogP contribution in [0.3, 0.4) is 0 Å². The topological polar surface area (TPSA) is 0 Å². The molecule has 0 aliphatic rings. The molecule has 0 aliphatic heterocycles. The van der Waals surface area contributed by atoms with Crippen LogP contribution in [0.1, 0.15) is 96.3 Å². The maximum Gasteiger partial charge on any atom is 0.0780 e. The van der Waals surface area contributed by atoms with Gasteiger partial charge < -0.3 is 8.97 Å². The van der Waals surface area contributed by atoms with Gasteiger partial charge >= 0.3 is 0 Å². The van der Waals surface area contributed by atoms with Crippen molar-refractivity contribution in [2.45, 2.75) is 96.3 Å². The number of hydrogen-bond donors (Lipinski definition) is 0. The molecule has 0 unspecified atom stereocenters. The lowest BCUT2D eigenvalue weighted by atomic mass is 10.0. The molecule has 0 spiro atoms. The van der Waals surface area contributed by atoms with Gasteiger partial charge in [-0.25, -0.2) is 0 Å². The van der Waals surface area contributed by atoms with Crippen LogP contribution in [0.4, 0.5) is 0 Å². The average molecular weight is 357 g/mol. The van der Waals surface area contributed by atoms with Crippen LogP contribution >= 0.6 is 0 Å². The number of hydrogen-bond acceptors (Lipinski definition) is 0. The zero-order valence-electron chi connectivity index (χ0n) is 18.9. The van der Waals surface area contributed by atoms with Gasteiger partial charge in [-0.15, -0.1) is 0 Å². The van der Waals surface area contributed by atoms with E-state index in [-0.39, 0.29) is 0 Å². The summed E-state index contributed by atoms with van der Waals surface area (Å²) in [7, 11) is 13.8. The molecular formula is C23H52N2+2. The molecule has 0 amide bonds. The zero-order chi connectivity index (χ0) is 19.0. The number of nitrogens with zero attached hydrogens (tertiary/aromatic N) is 2. The van der Waals surface area contributed by atoms with Crippen molar-refractivity contribution in [1.82, 2.24) is 0 Å². The fourth-order valence-corrected chi connectivity index (χ4v) is 3.47. The molecular weight excluding hydrogens is 304 g/mol. The zero-order valence-corrected chi connectivity index (χ0v) is 18.9. The maximum atomic E-state index is 2.30. The minimum atomic E-state index is 1.12. The van der Waals surface area contributed by atoms with Gasteiger partial charge in [-0.05, 0) is 25.7 Å². The van der Waals surface area contributed by atoms with Crippen LogP contribution < -0.4 is 0 Å². The molecule has 0 N–H and O–H groups in total. The predicted octanol–water partition coefficient (Wildman–Crippen LogP) is 6.25. The lowest BCUT2D eigenvalue weighted by Crippen LogP contribution is -2.35. The second-order valence-electron chi connectivity index (χ2n) is 10.3. The lowest BCUT2D eigenvalue weighted by Gasteiger charge is -2.23. The van der Waals surface area contributed by atoms with Crippen molar-refractivity contribution in [3.05, 3.63) is 0 Å². The van der Waals surface area contributed by atoms with E-state index in [0.717, 1.165) is 8.97 Å². The fourth-order valence-electron chi connectivity index (χ4n) is 3.47. The van der Waals surface area contributed by atoms with Gasteiger partial charge in [-0.2, -0.15) is 0 Å². The van der Waals surface area contributed by atoms with E-state index in [0.29, 0.717) is 0 Å². The van der Waals surface area contributed by atoms with E-state index < -0.39 is 0 Å². The van der Waals surface area contributed by atoms with Crippen LogP contribution in [-0.2, 0) is 0 Å². The molecule has 2 nitrogen and oxygen atoms in total. The van der Waals surface area contributed by atoms with E-state index in [1.54, 1.807) is 0 Å². The van der Waals surface area contributed by atoms with Crippen LogP contribution in [0.5, 0.6) is 0 Å². The van der Waals surface area contributed by atoms with Crippen molar-refractivity contribution < 1.29 is 8.97 Å². The smallest absolute Gasteiger partial charge is 0.0780 e. The number of quaternary nitrogens is 2. The molecule has 2 heteroatoms. The van der Waals surface area contributed by atoms with E-state index in [1.807, 2.05) is 0 Å². The number of rotatable bonds is 18. The van der Waals surface area contributed by atoms with Gasteiger partial charge in [0.15, 0.2) is 0 Å². The third-order valence-electron chi connectivity index (χ3n) is 5.16. The fraction of sp³-hybridized carbons (Fsp3) is 1.00. The van der Waals surface area contributed by atoms with E-state index in [4.69, 9.17) is 0 Å². The van der Waals surface area contributed by atoms with Gasteiger partial charge in [0.05, 0.1) is 55.4 Å². The normalized spacial score (nSPS) is 12.7. The summed E-state index contributed by atoms with van der Waals surface area (Å²) in [5.41, 5.74) is 0. The minimum Gasteiger partial charge on any atom is -0.331 e. The van der Waals surface area contributed by atoms with Gasteiger partial charge in [0.2, 0.25) is 0 Å². The van der Waals surface area contributed by atoms with Gasteiger partial charge in [-0.1, -0.05) is 70.6 Å². The highest BCUT2D eigenvalue weighted by atomic mass is 15.3. The highest BCUT2D eigenvalue weighted by Gasteiger charge is 2.05. The first-order chi connectivity index (χ1) is 11.7. The minimum absolute atomic E-state index is 1.12. The monoisotopic (exact) mass is 356 g/mol. The second-order valence-corrected chi connectivity index (χ2v) is 10.3. The van der Waals surface area contributed by atoms with Crippen molar-refractivity contribution in [3.63, 3.8) is 0 Å². The van der Waals surface area contributed by atoms with E-state index in [9.17, 15) is 0 Å². The molecule has 0 atom stereocenters. The van der Waals surface area contributed by atoms with Crippen LogP contribution in [0.25, 0.3) is 0 Å². The molecule has 0 aromatic heterocycles. The first-order valence-corrected chi connectivity index (χ1v) is 11.3. The summed E-state index contributed by atoms with van der Waals surface area (Å²) in [6, 6.07) is 0. The maximum absolute atomic E-state index is 2.30. The Bertz CT molecular complexity index is 245. The Morgan fingerprint density at radius 3 is 0.600 bits per heavy atom. The molecule has 0 fully saturated rings.